The molecule has 4 heteroatoms. The largest absolute Gasteiger partial charge is 0.393 e. The first-order valence-electron chi connectivity index (χ1n) is 7.31. The molecule has 0 aromatic heterocycles. The lowest BCUT2D eigenvalue weighted by Crippen LogP contribution is -2.45. The van der Waals surface area contributed by atoms with E-state index in [1.165, 1.54) is 19.3 Å². The van der Waals surface area contributed by atoms with Crippen molar-refractivity contribution in [1.29, 1.82) is 0 Å². The van der Waals surface area contributed by atoms with Gasteiger partial charge >= 0.3 is 0 Å². The standard InChI is InChI=1S/C14H28O4/c1-2-3-4-5-6-7-11(15)10-13-14(17)12(16)8-9-18-13/h11-17H,2-10H2,1H3/t11-,12+,13+,14-/m1/s1. The molecule has 0 aliphatic carbocycles. The lowest BCUT2D eigenvalue weighted by molar-refractivity contribution is -0.145. The van der Waals surface area contributed by atoms with E-state index < -0.39 is 24.4 Å². The van der Waals surface area contributed by atoms with Gasteiger partial charge in [0.05, 0.1) is 18.3 Å². The van der Waals surface area contributed by atoms with Gasteiger partial charge in [-0.2, -0.15) is 0 Å². The third-order valence-corrected chi connectivity index (χ3v) is 3.67. The van der Waals surface area contributed by atoms with E-state index in [4.69, 9.17) is 4.74 Å². The highest BCUT2D eigenvalue weighted by Gasteiger charge is 2.32. The van der Waals surface area contributed by atoms with Gasteiger partial charge in [-0.1, -0.05) is 39.0 Å². The summed E-state index contributed by atoms with van der Waals surface area (Å²) in [6.45, 7) is 2.65. The molecule has 4 atom stereocenters. The Balaban J connectivity index is 2.13. The quantitative estimate of drug-likeness (QED) is 0.580. The van der Waals surface area contributed by atoms with Crippen LogP contribution in [-0.2, 0) is 4.74 Å². The number of ether oxygens (including phenoxy) is 1. The van der Waals surface area contributed by atoms with Gasteiger partial charge in [0, 0.05) is 13.0 Å². The summed E-state index contributed by atoms with van der Waals surface area (Å²) in [4.78, 5) is 0. The van der Waals surface area contributed by atoms with Crippen LogP contribution in [0.5, 0.6) is 0 Å². The topological polar surface area (TPSA) is 69.9 Å². The number of aliphatic hydroxyl groups is 3. The summed E-state index contributed by atoms with van der Waals surface area (Å²) in [6, 6.07) is 0. The van der Waals surface area contributed by atoms with E-state index in [2.05, 4.69) is 6.92 Å². The van der Waals surface area contributed by atoms with Crippen molar-refractivity contribution in [2.24, 2.45) is 0 Å². The van der Waals surface area contributed by atoms with Gasteiger partial charge in [-0.3, -0.25) is 0 Å². The van der Waals surface area contributed by atoms with E-state index in [-0.39, 0.29) is 0 Å². The van der Waals surface area contributed by atoms with Gasteiger partial charge in [-0.15, -0.1) is 0 Å². The van der Waals surface area contributed by atoms with Crippen LogP contribution in [0.25, 0.3) is 0 Å². The number of hydrogen-bond donors (Lipinski definition) is 3. The van der Waals surface area contributed by atoms with Crippen LogP contribution in [0.15, 0.2) is 0 Å². The molecular weight excluding hydrogens is 232 g/mol. The third-order valence-electron chi connectivity index (χ3n) is 3.67. The summed E-state index contributed by atoms with van der Waals surface area (Å²) in [5, 5.41) is 29.2. The van der Waals surface area contributed by atoms with Crippen molar-refractivity contribution in [2.75, 3.05) is 6.61 Å². The summed E-state index contributed by atoms with van der Waals surface area (Å²) in [6.07, 6.45) is 5.13. The highest BCUT2D eigenvalue weighted by Crippen LogP contribution is 2.20. The predicted molar refractivity (Wildman–Crippen MR) is 70.4 cm³/mol. The van der Waals surface area contributed by atoms with Crippen molar-refractivity contribution in [3.63, 3.8) is 0 Å². The minimum absolute atomic E-state index is 0.417. The third kappa shape index (κ3) is 5.65. The van der Waals surface area contributed by atoms with Crippen LogP contribution in [0.4, 0.5) is 0 Å². The normalized spacial score (nSPS) is 30.3. The fourth-order valence-electron chi connectivity index (χ4n) is 2.43. The van der Waals surface area contributed by atoms with Crippen LogP contribution in [-0.4, -0.2) is 46.3 Å². The Morgan fingerprint density at radius 3 is 2.61 bits per heavy atom. The molecule has 1 saturated heterocycles. The van der Waals surface area contributed by atoms with E-state index in [0.717, 1.165) is 19.3 Å². The summed E-state index contributed by atoms with van der Waals surface area (Å²) in [5.41, 5.74) is 0. The first-order chi connectivity index (χ1) is 8.65. The maximum Gasteiger partial charge on any atom is 0.106 e. The first-order valence-corrected chi connectivity index (χ1v) is 7.31. The molecule has 0 aromatic rings. The Bertz CT molecular complexity index is 210. The van der Waals surface area contributed by atoms with E-state index in [9.17, 15) is 15.3 Å². The number of aliphatic hydroxyl groups excluding tert-OH is 3. The molecule has 0 amide bonds. The van der Waals surface area contributed by atoms with Crippen LogP contribution in [0, 0.1) is 0 Å². The molecule has 0 unspecified atom stereocenters. The van der Waals surface area contributed by atoms with Crippen LogP contribution in [0.3, 0.4) is 0 Å². The average molecular weight is 260 g/mol. The molecular formula is C14H28O4. The second-order valence-corrected chi connectivity index (χ2v) is 5.35. The van der Waals surface area contributed by atoms with Gasteiger partial charge in [0.2, 0.25) is 0 Å². The van der Waals surface area contributed by atoms with Crippen molar-refractivity contribution in [3.05, 3.63) is 0 Å². The maximum absolute atomic E-state index is 9.89. The smallest absolute Gasteiger partial charge is 0.106 e. The highest BCUT2D eigenvalue weighted by molar-refractivity contribution is 4.82. The molecule has 0 radical (unpaired) electrons. The summed E-state index contributed by atoms with van der Waals surface area (Å²) in [5.74, 6) is 0. The second kappa shape index (κ2) is 8.86. The Morgan fingerprint density at radius 1 is 1.17 bits per heavy atom. The van der Waals surface area contributed by atoms with Crippen LogP contribution >= 0.6 is 0 Å². The molecule has 1 fully saturated rings. The zero-order valence-corrected chi connectivity index (χ0v) is 11.4. The molecule has 18 heavy (non-hydrogen) atoms. The van der Waals surface area contributed by atoms with E-state index in [0.29, 0.717) is 19.4 Å². The van der Waals surface area contributed by atoms with Gasteiger partial charge in [0.1, 0.15) is 6.10 Å². The average Bonchev–Trinajstić information content (AvgIpc) is 2.35. The van der Waals surface area contributed by atoms with Crippen molar-refractivity contribution < 1.29 is 20.1 Å². The monoisotopic (exact) mass is 260 g/mol. The highest BCUT2D eigenvalue weighted by atomic mass is 16.5. The Labute approximate surface area is 110 Å². The second-order valence-electron chi connectivity index (χ2n) is 5.35. The van der Waals surface area contributed by atoms with Crippen molar-refractivity contribution >= 4 is 0 Å². The molecule has 0 saturated carbocycles. The minimum atomic E-state index is -0.853. The van der Waals surface area contributed by atoms with Crippen LogP contribution in [0.2, 0.25) is 0 Å². The molecule has 1 heterocycles. The Hall–Kier alpha value is -0.160. The summed E-state index contributed by atoms with van der Waals surface area (Å²) < 4.78 is 5.41. The summed E-state index contributed by atoms with van der Waals surface area (Å²) in [7, 11) is 0. The van der Waals surface area contributed by atoms with Crippen LogP contribution < -0.4 is 0 Å². The zero-order valence-electron chi connectivity index (χ0n) is 11.4. The minimum Gasteiger partial charge on any atom is -0.393 e. The first kappa shape index (κ1) is 15.9. The molecule has 0 spiro atoms. The Morgan fingerprint density at radius 2 is 1.89 bits per heavy atom. The summed E-state index contributed by atoms with van der Waals surface area (Å²) >= 11 is 0. The van der Waals surface area contributed by atoms with Gasteiger partial charge < -0.3 is 20.1 Å². The number of rotatable bonds is 8. The maximum atomic E-state index is 9.89. The van der Waals surface area contributed by atoms with Crippen molar-refractivity contribution in [3.8, 4) is 0 Å². The van der Waals surface area contributed by atoms with E-state index in [1.54, 1.807) is 0 Å². The van der Waals surface area contributed by atoms with Gasteiger partial charge in [-0.25, -0.2) is 0 Å². The molecule has 0 aromatic carbocycles. The zero-order chi connectivity index (χ0) is 13.4. The van der Waals surface area contributed by atoms with Gasteiger partial charge in [0.25, 0.3) is 0 Å². The predicted octanol–water partition coefficient (Wildman–Crippen LogP) is 1.61. The molecule has 1 aliphatic heterocycles. The SMILES string of the molecule is CCCCCCC[C@@H](O)C[C@@H]1OCC[C@H](O)[C@H]1O. The van der Waals surface area contributed by atoms with Gasteiger partial charge in [-0.05, 0) is 12.8 Å². The van der Waals surface area contributed by atoms with E-state index >= 15 is 0 Å². The fourth-order valence-corrected chi connectivity index (χ4v) is 2.43. The number of hydrogen-bond acceptors (Lipinski definition) is 4. The van der Waals surface area contributed by atoms with Gasteiger partial charge in [0.15, 0.2) is 0 Å². The lowest BCUT2D eigenvalue weighted by Gasteiger charge is -2.33. The molecule has 1 rings (SSSR count). The van der Waals surface area contributed by atoms with Crippen LogP contribution in [0.1, 0.15) is 58.3 Å². The molecule has 108 valence electrons. The fraction of sp³-hybridized carbons (Fsp3) is 1.00. The van der Waals surface area contributed by atoms with E-state index in [1.807, 2.05) is 0 Å². The molecule has 1 aliphatic rings. The van der Waals surface area contributed by atoms with Crippen molar-refractivity contribution in [1.82, 2.24) is 0 Å². The number of unbranched alkanes of at least 4 members (excludes halogenated alkanes) is 4. The molecule has 0 bridgehead atoms. The molecule has 3 N–H and O–H groups in total. The molecule has 4 nitrogen and oxygen atoms in total. The Kier molecular flexibility index (Phi) is 7.82. The van der Waals surface area contributed by atoms with Crippen molar-refractivity contribution in [2.45, 2.75) is 82.7 Å². The lowest BCUT2D eigenvalue weighted by atomic mass is 9.95.